The van der Waals surface area contributed by atoms with Gasteiger partial charge in [0.1, 0.15) is 0 Å². The molecule has 1 aliphatic heterocycles. The molecule has 0 spiro atoms. The molecule has 0 aromatic carbocycles. The van der Waals surface area contributed by atoms with Crippen LogP contribution in [0.15, 0.2) is 5.38 Å². The van der Waals surface area contributed by atoms with Gasteiger partial charge in [0, 0.05) is 11.9 Å². The highest BCUT2D eigenvalue weighted by molar-refractivity contribution is 7.13. The summed E-state index contributed by atoms with van der Waals surface area (Å²) in [5, 5.41) is 5.31. The molecule has 0 saturated carbocycles. The molecule has 1 aliphatic rings. The van der Waals surface area contributed by atoms with Gasteiger partial charge in [-0.1, -0.05) is 0 Å². The molecule has 6 nitrogen and oxygen atoms in total. The van der Waals surface area contributed by atoms with E-state index >= 15 is 0 Å². The van der Waals surface area contributed by atoms with Crippen LogP contribution in [0.2, 0.25) is 0 Å². The van der Waals surface area contributed by atoms with E-state index in [0.717, 1.165) is 25.1 Å². The Morgan fingerprint density at radius 2 is 2.38 bits per heavy atom. The van der Waals surface area contributed by atoms with Crippen molar-refractivity contribution < 1.29 is 14.3 Å². The molecule has 116 valence electrons. The van der Waals surface area contributed by atoms with Crippen LogP contribution in [0.1, 0.15) is 25.5 Å². The van der Waals surface area contributed by atoms with Crippen LogP contribution in [-0.2, 0) is 14.3 Å². The van der Waals surface area contributed by atoms with Crippen LogP contribution in [0.5, 0.6) is 0 Å². The number of carbonyl (C=O) groups excluding carboxylic acids is 2. The predicted octanol–water partition coefficient (Wildman–Crippen LogP) is 1.67. The number of thiazole rings is 1. The Morgan fingerprint density at radius 3 is 3.05 bits per heavy atom. The van der Waals surface area contributed by atoms with Gasteiger partial charge in [0.2, 0.25) is 5.91 Å². The van der Waals surface area contributed by atoms with Crippen LogP contribution in [0, 0.1) is 12.8 Å². The highest BCUT2D eigenvalue weighted by Gasteiger charge is 2.27. The Balaban J connectivity index is 1.81. The van der Waals surface area contributed by atoms with Crippen molar-refractivity contribution in [2.24, 2.45) is 5.92 Å². The fourth-order valence-electron chi connectivity index (χ4n) is 2.42. The minimum absolute atomic E-state index is 0.0890. The summed E-state index contributed by atoms with van der Waals surface area (Å²) in [5.41, 5.74) is 0.899. The van der Waals surface area contributed by atoms with Gasteiger partial charge in [0.05, 0.1) is 24.8 Å². The van der Waals surface area contributed by atoms with Crippen LogP contribution in [0.25, 0.3) is 0 Å². The average molecular weight is 311 g/mol. The highest BCUT2D eigenvalue weighted by Crippen LogP contribution is 2.18. The zero-order valence-electron chi connectivity index (χ0n) is 12.4. The van der Waals surface area contributed by atoms with Gasteiger partial charge in [-0.25, -0.2) is 4.98 Å². The SMILES string of the molecule is CCOC(=O)[C@@H]1CCCN(CC(=O)Nc2nc(C)cs2)C1. The largest absolute Gasteiger partial charge is 0.466 e. The molecule has 0 unspecified atom stereocenters. The number of aromatic nitrogens is 1. The zero-order valence-corrected chi connectivity index (χ0v) is 13.2. The van der Waals surface area contributed by atoms with Crippen LogP contribution in [-0.4, -0.2) is 48.0 Å². The van der Waals surface area contributed by atoms with Gasteiger partial charge in [-0.3, -0.25) is 14.5 Å². The topological polar surface area (TPSA) is 71.5 Å². The van der Waals surface area contributed by atoms with Crippen LogP contribution < -0.4 is 5.32 Å². The molecular weight excluding hydrogens is 290 g/mol. The van der Waals surface area contributed by atoms with E-state index in [1.54, 1.807) is 0 Å². The van der Waals surface area contributed by atoms with E-state index in [0.29, 0.717) is 18.3 Å². The number of hydrogen-bond acceptors (Lipinski definition) is 6. The molecule has 0 aliphatic carbocycles. The molecule has 1 saturated heterocycles. The lowest BCUT2D eigenvalue weighted by Gasteiger charge is -2.30. The van der Waals surface area contributed by atoms with Gasteiger partial charge >= 0.3 is 5.97 Å². The van der Waals surface area contributed by atoms with Gasteiger partial charge in [-0.05, 0) is 33.2 Å². The molecule has 1 amide bonds. The second-order valence-corrected chi connectivity index (χ2v) is 6.03. The lowest BCUT2D eigenvalue weighted by molar-refractivity contribution is -0.150. The van der Waals surface area contributed by atoms with E-state index in [1.807, 2.05) is 24.1 Å². The second kappa shape index (κ2) is 7.51. The number of hydrogen-bond donors (Lipinski definition) is 1. The van der Waals surface area contributed by atoms with Crippen molar-refractivity contribution in [2.45, 2.75) is 26.7 Å². The maximum atomic E-state index is 12.0. The number of rotatable bonds is 5. The summed E-state index contributed by atoms with van der Waals surface area (Å²) in [6.45, 7) is 5.81. The van der Waals surface area contributed by atoms with Gasteiger partial charge in [0.25, 0.3) is 0 Å². The van der Waals surface area contributed by atoms with Crippen molar-refractivity contribution in [2.75, 3.05) is 31.6 Å². The Bertz CT molecular complexity index is 503. The Kier molecular flexibility index (Phi) is 5.69. The van der Waals surface area contributed by atoms with E-state index in [1.165, 1.54) is 11.3 Å². The third-order valence-electron chi connectivity index (χ3n) is 3.36. The summed E-state index contributed by atoms with van der Waals surface area (Å²) in [6, 6.07) is 0. The molecule has 0 bridgehead atoms. The van der Waals surface area contributed by atoms with Crippen molar-refractivity contribution in [1.29, 1.82) is 0 Å². The number of amides is 1. The van der Waals surface area contributed by atoms with Gasteiger partial charge < -0.3 is 10.1 Å². The number of ether oxygens (including phenoxy) is 1. The lowest BCUT2D eigenvalue weighted by Crippen LogP contribution is -2.43. The Morgan fingerprint density at radius 1 is 1.57 bits per heavy atom. The molecule has 2 rings (SSSR count). The Labute approximate surface area is 128 Å². The second-order valence-electron chi connectivity index (χ2n) is 5.17. The molecular formula is C14H21N3O3S. The fraction of sp³-hybridized carbons (Fsp3) is 0.643. The lowest BCUT2D eigenvalue weighted by atomic mass is 9.98. The number of likely N-dealkylation sites (tertiary alicyclic amines) is 1. The number of nitrogens with one attached hydrogen (secondary N) is 1. The number of piperidine rings is 1. The number of aryl methyl sites for hydroxylation is 1. The molecule has 1 aromatic rings. The minimum Gasteiger partial charge on any atom is -0.466 e. The summed E-state index contributed by atoms with van der Waals surface area (Å²) >= 11 is 1.42. The highest BCUT2D eigenvalue weighted by atomic mass is 32.1. The van der Waals surface area contributed by atoms with E-state index in [2.05, 4.69) is 10.3 Å². The molecule has 1 atom stereocenters. The molecule has 1 aromatic heterocycles. The van der Waals surface area contributed by atoms with Crippen LogP contribution in [0.3, 0.4) is 0 Å². The van der Waals surface area contributed by atoms with Crippen molar-refractivity contribution in [3.8, 4) is 0 Å². The molecule has 2 heterocycles. The number of nitrogens with zero attached hydrogens (tertiary/aromatic N) is 2. The summed E-state index contributed by atoms with van der Waals surface area (Å²) in [4.78, 5) is 30.0. The first-order chi connectivity index (χ1) is 10.1. The van der Waals surface area contributed by atoms with Crippen molar-refractivity contribution in [3.63, 3.8) is 0 Å². The van der Waals surface area contributed by atoms with E-state index < -0.39 is 0 Å². The van der Waals surface area contributed by atoms with Crippen molar-refractivity contribution in [3.05, 3.63) is 11.1 Å². The molecule has 1 fully saturated rings. The monoisotopic (exact) mass is 311 g/mol. The number of carbonyl (C=O) groups is 2. The van der Waals surface area contributed by atoms with Crippen molar-refractivity contribution >= 4 is 28.3 Å². The predicted molar refractivity (Wildman–Crippen MR) is 81.3 cm³/mol. The number of esters is 1. The molecule has 21 heavy (non-hydrogen) atoms. The molecule has 1 N–H and O–H groups in total. The van der Waals surface area contributed by atoms with E-state index in [9.17, 15) is 9.59 Å². The average Bonchev–Trinajstić information content (AvgIpc) is 2.84. The first kappa shape index (κ1) is 15.9. The number of anilines is 1. The standard InChI is InChI=1S/C14H21N3O3S/c1-3-20-13(19)11-5-4-6-17(7-11)8-12(18)16-14-15-10(2)9-21-14/h9,11H,3-8H2,1-2H3,(H,15,16,18)/t11-/m1/s1. The van der Waals surface area contributed by atoms with Gasteiger partial charge in [-0.15, -0.1) is 11.3 Å². The van der Waals surface area contributed by atoms with Gasteiger partial charge in [0.15, 0.2) is 5.13 Å². The maximum absolute atomic E-state index is 12.0. The van der Waals surface area contributed by atoms with E-state index in [-0.39, 0.29) is 24.3 Å². The molecule has 0 radical (unpaired) electrons. The third kappa shape index (κ3) is 4.78. The first-order valence-corrected chi connectivity index (χ1v) is 8.07. The minimum atomic E-state index is -0.154. The van der Waals surface area contributed by atoms with Crippen LogP contribution in [0.4, 0.5) is 5.13 Å². The summed E-state index contributed by atoms with van der Waals surface area (Å²) < 4.78 is 5.06. The summed E-state index contributed by atoms with van der Waals surface area (Å²) in [5.74, 6) is -0.361. The van der Waals surface area contributed by atoms with Crippen molar-refractivity contribution in [1.82, 2.24) is 9.88 Å². The van der Waals surface area contributed by atoms with E-state index in [4.69, 9.17) is 4.74 Å². The first-order valence-electron chi connectivity index (χ1n) is 7.19. The summed E-state index contributed by atoms with van der Waals surface area (Å²) in [7, 11) is 0. The smallest absolute Gasteiger partial charge is 0.310 e. The summed E-state index contributed by atoms with van der Waals surface area (Å²) in [6.07, 6.45) is 1.75. The normalized spacial score (nSPS) is 19.2. The maximum Gasteiger partial charge on any atom is 0.310 e. The third-order valence-corrected chi connectivity index (χ3v) is 4.23. The van der Waals surface area contributed by atoms with Crippen LogP contribution >= 0.6 is 11.3 Å². The zero-order chi connectivity index (χ0) is 15.2. The molecule has 7 heteroatoms. The Hall–Kier alpha value is -1.47. The quantitative estimate of drug-likeness (QED) is 0.838. The van der Waals surface area contributed by atoms with Gasteiger partial charge in [-0.2, -0.15) is 0 Å². The fourth-order valence-corrected chi connectivity index (χ4v) is 3.13.